The van der Waals surface area contributed by atoms with Gasteiger partial charge in [-0.25, -0.2) is 19.6 Å². The van der Waals surface area contributed by atoms with Crippen LogP contribution in [0.5, 0.6) is 11.5 Å². The van der Waals surface area contributed by atoms with Crippen molar-refractivity contribution < 1.29 is 72.2 Å². The molecule has 147 valence electrons. The first-order valence-electron chi connectivity index (χ1n) is 5.60. The van der Waals surface area contributed by atoms with Gasteiger partial charge in [0.2, 0.25) is 0 Å². The van der Waals surface area contributed by atoms with E-state index < -0.39 is 28.5 Å². The SMILES string of the molecule is O.O.O.O=C(O)c1ncccc1O.O=C(O)c1ncccc1O.[H+].[O]=[VH][OH]. The maximum atomic E-state index is 10.2. The van der Waals surface area contributed by atoms with Gasteiger partial charge in [-0.05, 0) is 24.3 Å². The standard InChI is InChI=1S/2C6H5NO3.4H2O.O.V.H/c2*8-4-2-1-3-7-5(4)6(9)10;;;;;;;/h2*1-3,8H,(H,9,10);4*1H2;;;/q;;;;;;;+1;. The van der Waals surface area contributed by atoms with Crippen molar-refractivity contribution in [1.29, 1.82) is 0 Å². The van der Waals surface area contributed by atoms with E-state index in [0.29, 0.717) is 0 Å². The number of carboxylic acid groups (broad SMARTS) is 2. The normalized spacial score (nSPS) is 7.58. The van der Waals surface area contributed by atoms with Gasteiger partial charge in [0.05, 0.1) is 0 Å². The molecule has 13 nitrogen and oxygen atoms in total. The molecule has 0 amide bonds. The summed E-state index contributed by atoms with van der Waals surface area (Å²) < 4.78 is 15.8. The van der Waals surface area contributed by atoms with E-state index in [-0.39, 0.29) is 40.7 Å². The second-order valence-electron chi connectivity index (χ2n) is 3.44. The molecule has 0 bridgehead atoms. The van der Waals surface area contributed by atoms with Gasteiger partial charge in [0, 0.05) is 12.4 Å². The molecule has 0 aliphatic heterocycles. The van der Waals surface area contributed by atoms with Crippen molar-refractivity contribution in [3.8, 4) is 11.5 Å². The number of hydrogen-bond donors (Lipinski definition) is 5. The van der Waals surface area contributed by atoms with Crippen LogP contribution in [-0.4, -0.2) is 62.8 Å². The number of carboxylic acids is 2. The van der Waals surface area contributed by atoms with Crippen LogP contribution in [0.2, 0.25) is 0 Å². The van der Waals surface area contributed by atoms with Crippen LogP contribution in [0.1, 0.15) is 22.4 Å². The molecule has 14 heteroatoms. The van der Waals surface area contributed by atoms with Crippen molar-refractivity contribution in [3.05, 3.63) is 48.0 Å². The number of pyridine rings is 2. The van der Waals surface area contributed by atoms with E-state index >= 15 is 0 Å². The molecule has 0 aliphatic carbocycles. The van der Waals surface area contributed by atoms with Gasteiger partial charge in [-0.1, -0.05) is 0 Å². The molecule has 0 aliphatic rings. The molecular formula is C12H19N2O11V+. The third-order valence-corrected chi connectivity index (χ3v) is 1.98. The predicted molar refractivity (Wildman–Crippen MR) is 82.0 cm³/mol. The van der Waals surface area contributed by atoms with Crippen molar-refractivity contribution in [2.45, 2.75) is 0 Å². The summed E-state index contributed by atoms with van der Waals surface area (Å²) in [5.74, 6) is -3.07. The van der Waals surface area contributed by atoms with Crippen LogP contribution in [-0.2, 0) is 20.3 Å². The first kappa shape index (κ1) is 30.9. The Morgan fingerprint density at radius 1 is 0.846 bits per heavy atom. The zero-order chi connectivity index (χ0) is 17.8. The number of aromatic carboxylic acids is 2. The molecule has 0 atom stereocenters. The van der Waals surface area contributed by atoms with Gasteiger partial charge in [-0.3, -0.25) is 0 Å². The van der Waals surface area contributed by atoms with E-state index in [2.05, 4.69) is 9.97 Å². The predicted octanol–water partition coefficient (Wildman–Crippen LogP) is -2.34. The zero-order valence-electron chi connectivity index (χ0n) is 13.8. The molecular weight excluding hydrogens is 399 g/mol. The van der Waals surface area contributed by atoms with E-state index in [0.717, 1.165) is 0 Å². The van der Waals surface area contributed by atoms with Crippen molar-refractivity contribution in [1.82, 2.24) is 9.97 Å². The molecule has 2 aromatic heterocycles. The Kier molecular flexibility index (Phi) is 20.1. The van der Waals surface area contributed by atoms with Crippen LogP contribution in [0.4, 0.5) is 0 Å². The van der Waals surface area contributed by atoms with E-state index in [9.17, 15) is 9.59 Å². The molecule has 2 aromatic rings. The molecule has 0 fully saturated rings. The average molecular weight is 418 g/mol. The molecule has 2 heterocycles. The number of hydrogen-bond acceptors (Lipinski definition) is 7. The molecule has 2 rings (SSSR count). The van der Waals surface area contributed by atoms with Crippen LogP contribution in [0.25, 0.3) is 0 Å². The number of aromatic nitrogens is 2. The first-order chi connectivity index (χ1) is 10.8. The zero-order valence-corrected chi connectivity index (χ0v) is 14.4. The van der Waals surface area contributed by atoms with Gasteiger partial charge in [0.15, 0.2) is 11.4 Å². The summed E-state index contributed by atoms with van der Waals surface area (Å²) in [5, 5.41) is 34.4. The van der Waals surface area contributed by atoms with Crippen LogP contribution in [0, 0.1) is 0 Å². The maximum absolute atomic E-state index is 10.2. The second-order valence-corrected chi connectivity index (χ2v) is 3.73. The summed E-state index contributed by atoms with van der Waals surface area (Å²) in [5.41, 5.74) is -0.634. The summed E-state index contributed by atoms with van der Waals surface area (Å²) in [6, 6.07) is 5.47. The second kappa shape index (κ2) is 16.9. The van der Waals surface area contributed by atoms with E-state index in [1.54, 1.807) is 0 Å². The Hall–Kier alpha value is -2.94. The third kappa shape index (κ3) is 11.6. The molecule has 0 saturated carbocycles. The Morgan fingerprint density at radius 3 is 1.27 bits per heavy atom. The summed E-state index contributed by atoms with van der Waals surface area (Å²) in [6.45, 7) is 0. The number of nitrogens with zero attached hydrogens (tertiary/aromatic N) is 2. The Labute approximate surface area is 154 Å². The molecule has 0 radical (unpaired) electrons. The Bertz CT molecular complexity index is 634. The summed E-state index contributed by atoms with van der Waals surface area (Å²) >= 11 is -1.75. The molecule has 26 heavy (non-hydrogen) atoms. The van der Waals surface area contributed by atoms with Gasteiger partial charge < -0.3 is 36.9 Å². The van der Waals surface area contributed by atoms with Gasteiger partial charge in [-0.2, -0.15) is 0 Å². The number of aromatic hydroxyl groups is 2. The van der Waals surface area contributed by atoms with Gasteiger partial charge in [0.25, 0.3) is 0 Å². The van der Waals surface area contributed by atoms with Gasteiger partial charge >= 0.3 is 37.7 Å². The Morgan fingerprint density at radius 2 is 1.12 bits per heavy atom. The number of carbonyl (C=O) groups is 2. The molecule has 0 saturated heterocycles. The van der Waals surface area contributed by atoms with Crippen molar-refractivity contribution in [2.24, 2.45) is 0 Å². The fraction of sp³-hybridized carbons (Fsp3) is 0. The minimum absolute atomic E-state index is 0. The van der Waals surface area contributed by atoms with Crippen molar-refractivity contribution in [3.63, 3.8) is 0 Å². The third-order valence-electron chi connectivity index (χ3n) is 1.98. The topological polar surface area (TPSA) is 273 Å². The van der Waals surface area contributed by atoms with Gasteiger partial charge in [0.1, 0.15) is 11.5 Å². The summed E-state index contributed by atoms with van der Waals surface area (Å²) in [6.07, 6.45) is 2.62. The monoisotopic (exact) mass is 418 g/mol. The van der Waals surface area contributed by atoms with E-state index in [1.807, 2.05) is 0 Å². The summed E-state index contributed by atoms with van der Waals surface area (Å²) in [4.78, 5) is 27.3. The fourth-order valence-electron chi connectivity index (χ4n) is 1.12. The van der Waals surface area contributed by atoms with Gasteiger partial charge in [-0.15, -0.1) is 0 Å². The molecule has 0 unspecified atom stereocenters. The van der Waals surface area contributed by atoms with Crippen LogP contribution in [0.15, 0.2) is 36.7 Å². The summed E-state index contributed by atoms with van der Waals surface area (Å²) in [7, 11) is 0. The van der Waals surface area contributed by atoms with Crippen LogP contribution < -0.4 is 0 Å². The molecule has 11 N–H and O–H groups in total. The van der Waals surface area contributed by atoms with E-state index in [1.165, 1.54) is 36.7 Å². The van der Waals surface area contributed by atoms with Crippen molar-refractivity contribution >= 4 is 11.9 Å². The molecule has 0 spiro atoms. The Balaban J connectivity index is -0.0000000924. The minimum atomic E-state index is -1.75. The van der Waals surface area contributed by atoms with E-state index in [4.69, 9.17) is 28.1 Å². The quantitative estimate of drug-likeness (QED) is 0.346. The average Bonchev–Trinajstić information content (AvgIpc) is 2.49. The fourth-order valence-corrected chi connectivity index (χ4v) is 1.12. The van der Waals surface area contributed by atoms with Crippen LogP contribution >= 0.6 is 0 Å². The molecule has 0 aromatic carbocycles. The van der Waals surface area contributed by atoms with Crippen LogP contribution in [0.3, 0.4) is 0 Å². The number of rotatable bonds is 2. The first-order valence-corrected chi connectivity index (χ1v) is 6.94. The van der Waals surface area contributed by atoms with Crippen molar-refractivity contribution in [2.75, 3.05) is 0 Å².